The molecule has 0 radical (unpaired) electrons. The minimum Gasteiger partial charge on any atom is -0.545 e. The van der Waals surface area contributed by atoms with Crippen LogP contribution in [0.2, 0.25) is 0 Å². The molecule has 1 aromatic carbocycles. The fourth-order valence-electron chi connectivity index (χ4n) is 1.84. The van der Waals surface area contributed by atoms with Gasteiger partial charge in [0.25, 0.3) is 0 Å². The first-order valence-corrected chi connectivity index (χ1v) is 8.37. The maximum Gasteiger partial charge on any atom is 0.243 e. The SMILES string of the molecule is CC(C)(C)Nc1ccc(C(=O)[O-])cc1S(=O)(=O)NC(C)(C)C. The molecule has 0 atom stereocenters. The Morgan fingerprint density at radius 3 is 2.00 bits per heavy atom. The van der Waals surface area contributed by atoms with Crippen LogP contribution in [0.3, 0.4) is 0 Å². The predicted molar refractivity (Wildman–Crippen MR) is 84.2 cm³/mol. The standard InChI is InChI=1S/C15H24N2O4S/c1-14(2,3)16-11-8-7-10(13(18)19)9-12(11)22(20,21)17-15(4,5)6/h7-9,16-17H,1-6H3,(H,18,19)/p-1. The molecule has 0 aliphatic heterocycles. The largest absolute Gasteiger partial charge is 0.545 e. The number of aromatic carboxylic acids is 1. The predicted octanol–water partition coefficient (Wildman–Crippen LogP) is 1.34. The Hall–Kier alpha value is -1.60. The fraction of sp³-hybridized carbons (Fsp3) is 0.533. The van der Waals surface area contributed by atoms with E-state index in [1.54, 1.807) is 20.8 Å². The molecule has 0 fully saturated rings. The number of hydrogen-bond acceptors (Lipinski definition) is 5. The van der Waals surface area contributed by atoms with Crippen LogP contribution in [0.15, 0.2) is 23.1 Å². The number of hydrogen-bond donors (Lipinski definition) is 2. The first-order valence-electron chi connectivity index (χ1n) is 6.89. The summed E-state index contributed by atoms with van der Waals surface area (Å²) in [6.45, 7) is 10.8. The topological polar surface area (TPSA) is 98.3 Å². The monoisotopic (exact) mass is 327 g/mol. The molecule has 0 aliphatic rings. The Bertz CT molecular complexity index is 668. The summed E-state index contributed by atoms with van der Waals surface area (Å²) in [7, 11) is -3.88. The van der Waals surface area contributed by atoms with Crippen molar-refractivity contribution in [2.24, 2.45) is 0 Å². The molecule has 0 spiro atoms. The van der Waals surface area contributed by atoms with Gasteiger partial charge in [-0.2, -0.15) is 0 Å². The quantitative estimate of drug-likeness (QED) is 0.869. The summed E-state index contributed by atoms with van der Waals surface area (Å²) >= 11 is 0. The van der Waals surface area contributed by atoms with Gasteiger partial charge >= 0.3 is 0 Å². The average molecular weight is 327 g/mol. The summed E-state index contributed by atoms with van der Waals surface area (Å²) in [4.78, 5) is 10.9. The average Bonchev–Trinajstić information content (AvgIpc) is 2.23. The molecule has 124 valence electrons. The molecule has 1 aromatic rings. The van der Waals surface area contributed by atoms with Crippen molar-refractivity contribution in [3.05, 3.63) is 23.8 Å². The third kappa shape index (κ3) is 5.31. The van der Waals surface area contributed by atoms with Gasteiger partial charge in [0.1, 0.15) is 4.90 Å². The minimum absolute atomic E-state index is 0.112. The van der Waals surface area contributed by atoms with E-state index < -0.39 is 21.5 Å². The molecule has 0 heterocycles. The molecule has 0 unspecified atom stereocenters. The van der Waals surface area contributed by atoms with E-state index in [1.165, 1.54) is 12.1 Å². The van der Waals surface area contributed by atoms with Crippen LogP contribution >= 0.6 is 0 Å². The Morgan fingerprint density at radius 1 is 1.05 bits per heavy atom. The van der Waals surface area contributed by atoms with E-state index in [0.717, 1.165) is 6.07 Å². The Balaban J connectivity index is 3.46. The third-order valence-corrected chi connectivity index (χ3v) is 4.25. The number of rotatable bonds is 4. The molecule has 0 aromatic heterocycles. The number of benzene rings is 1. The van der Waals surface area contributed by atoms with E-state index in [1.807, 2.05) is 20.8 Å². The summed E-state index contributed by atoms with van der Waals surface area (Å²) in [6.07, 6.45) is 0. The number of carbonyl (C=O) groups is 1. The second kappa shape index (κ2) is 5.89. The van der Waals surface area contributed by atoms with Crippen molar-refractivity contribution in [3.63, 3.8) is 0 Å². The van der Waals surface area contributed by atoms with Gasteiger partial charge in [0.15, 0.2) is 0 Å². The fourth-order valence-corrected chi connectivity index (χ4v) is 3.44. The van der Waals surface area contributed by atoms with Crippen LogP contribution in [-0.2, 0) is 10.0 Å². The molecule has 0 aliphatic carbocycles. The van der Waals surface area contributed by atoms with Crippen molar-refractivity contribution >= 4 is 21.7 Å². The van der Waals surface area contributed by atoms with Crippen LogP contribution in [0.5, 0.6) is 0 Å². The highest BCUT2D eigenvalue weighted by atomic mass is 32.2. The van der Waals surface area contributed by atoms with Crippen LogP contribution in [0.4, 0.5) is 5.69 Å². The second-order valence-electron chi connectivity index (χ2n) is 7.23. The summed E-state index contributed by atoms with van der Waals surface area (Å²) in [5.74, 6) is -1.42. The van der Waals surface area contributed by atoms with E-state index in [4.69, 9.17) is 0 Å². The van der Waals surface area contributed by atoms with Gasteiger partial charge < -0.3 is 15.2 Å². The molecule has 0 saturated heterocycles. The smallest absolute Gasteiger partial charge is 0.243 e. The number of anilines is 1. The normalized spacial score (nSPS) is 13.0. The van der Waals surface area contributed by atoms with Gasteiger partial charge in [0, 0.05) is 11.1 Å². The zero-order valence-electron chi connectivity index (χ0n) is 13.8. The molecular formula is C15H23N2O4S-. The highest BCUT2D eigenvalue weighted by Crippen LogP contribution is 2.26. The van der Waals surface area contributed by atoms with Gasteiger partial charge in [-0.05, 0) is 59.2 Å². The lowest BCUT2D eigenvalue weighted by atomic mass is 10.1. The van der Waals surface area contributed by atoms with E-state index in [2.05, 4.69) is 10.0 Å². The number of carbonyl (C=O) groups excluding carboxylic acids is 1. The second-order valence-corrected chi connectivity index (χ2v) is 8.88. The first kappa shape index (κ1) is 18.4. The van der Waals surface area contributed by atoms with Crippen molar-refractivity contribution in [1.29, 1.82) is 0 Å². The van der Waals surface area contributed by atoms with Gasteiger partial charge in [-0.3, -0.25) is 0 Å². The zero-order chi connectivity index (χ0) is 17.3. The van der Waals surface area contributed by atoms with Gasteiger partial charge in [-0.1, -0.05) is 6.07 Å². The van der Waals surface area contributed by atoms with Gasteiger partial charge in [0.2, 0.25) is 10.0 Å². The molecule has 1 rings (SSSR count). The number of carboxylic acid groups (broad SMARTS) is 1. The summed E-state index contributed by atoms with van der Waals surface area (Å²) in [5, 5.41) is 14.1. The molecule has 6 nitrogen and oxygen atoms in total. The van der Waals surface area contributed by atoms with Crippen molar-refractivity contribution < 1.29 is 18.3 Å². The molecular weight excluding hydrogens is 304 g/mol. The molecule has 0 bridgehead atoms. The summed E-state index contributed by atoms with van der Waals surface area (Å²) < 4.78 is 27.7. The summed E-state index contributed by atoms with van der Waals surface area (Å²) in [5.41, 5.74) is -0.910. The number of sulfonamides is 1. The van der Waals surface area contributed by atoms with Crippen molar-refractivity contribution in [2.45, 2.75) is 57.5 Å². The van der Waals surface area contributed by atoms with Crippen LogP contribution in [-0.4, -0.2) is 25.5 Å². The van der Waals surface area contributed by atoms with E-state index in [0.29, 0.717) is 5.69 Å². The molecule has 22 heavy (non-hydrogen) atoms. The third-order valence-electron chi connectivity index (χ3n) is 2.46. The maximum absolute atomic E-state index is 12.6. The van der Waals surface area contributed by atoms with Gasteiger partial charge in [-0.15, -0.1) is 0 Å². The highest BCUT2D eigenvalue weighted by Gasteiger charge is 2.26. The highest BCUT2D eigenvalue weighted by molar-refractivity contribution is 7.89. The maximum atomic E-state index is 12.6. The van der Waals surface area contributed by atoms with Gasteiger partial charge in [0.05, 0.1) is 11.7 Å². The van der Waals surface area contributed by atoms with Crippen LogP contribution in [0, 0.1) is 0 Å². The first-order chi connectivity index (χ1) is 9.71. The molecule has 2 N–H and O–H groups in total. The Kier molecular flexibility index (Phi) is 4.94. The van der Waals surface area contributed by atoms with Crippen molar-refractivity contribution in [2.75, 3.05) is 5.32 Å². The number of carboxylic acids is 1. The lowest BCUT2D eigenvalue weighted by Gasteiger charge is -2.26. The zero-order valence-corrected chi connectivity index (χ0v) is 14.6. The van der Waals surface area contributed by atoms with Gasteiger partial charge in [-0.25, -0.2) is 13.1 Å². The Morgan fingerprint density at radius 2 is 1.59 bits per heavy atom. The molecule has 0 amide bonds. The van der Waals surface area contributed by atoms with E-state index in [-0.39, 0.29) is 16.0 Å². The van der Waals surface area contributed by atoms with Crippen molar-refractivity contribution in [1.82, 2.24) is 4.72 Å². The molecule has 0 saturated carbocycles. The van der Waals surface area contributed by atoms with E-state index in [9.17, 15) is 18.3 Å². The van der Waals surface area contributed by atoms with Crippen LogP contribution < -0.4 is 15.1 Å². The van der Waals surface area contributed by atoms with E-state index >= 15 is 0 Å². The molecule has 7 heteroatoms. The van der Waals surface area contributed by atoms with Crippen LogP contribution in [0.25, 0.3) is 0 Å². The minimum atomic E-state index is -3.88. The Labute approximate surface area is 132 Å². The number of nitrogens with one attached hydrogen (secondary N) is 2. The summed E-state index contributed by atoms with van der Waals surface area (Å²) in [6, 6.07) is 3.87. The lowest BCUT2D eigenvalue weighted by Crippen LogP contribution is -2.41. The van der Waals surface area contributed by atoms with Crippen LogP contribution in [0.1, 0.15) is 51.9 Å². The van der Waals surface area contributed by atoms with Crippen molar-refractivity contribution in [3.8, 4) is 0 Å². The lowest BCUT2D eigenvalue weighted by molar-refractivity contribution is -0.255.